The summed E-state index contributed by atoms with van der Waals surface area (Å²) in [5.41, 5.74) is 0.0405. The lowest BCUT2D eigenvalue weighted by Crippen LogP contribution is -1.95. The highest BCUT2D eigenvalue weighted by atomic mass is 16.6. The molecule has 0 bridgehead atoms. The van der Waals surface area contributed by atoms with Crippen molar-refractivity contribution in [3.05, 3.63) is 39.9 Å². The third-order valence-electron chi connectivity index (χ3n) is 1.45. The standard InChI is InChI=1S/C8H6N2O3/c1-9-8(11)6-3-2-4-7(5-6)10(12)13/h2-5H,1H2. The minimum atomic E-state index is -0.570. The van der Waals surface area contributed by atoms with Crippen molar-refractivity contribution in [3.63, 3.8) is 0 Å². The van der Waals surface area contributed by atoms with Crippen LogP contribution in [0.3, 0.4) is 0 Å². The second kappa shape index (κ2) is 3.57. The van der Waals surface area contributed by atoms with E-state index in [9.17, 15) is 14.9 Å². The molecule has 1 rings (SSSR count). The van der Waals surface area contributed by atoms with Crippen molar-refractivity contribution >= 4 is 18.3 Å². The first-order valence-electron chi connectivity index (χ1n) is 3.40. The highest BCUT2D eigenvalue weighted by Gasteiger charge is 2.09. The number of non-ortho nitro benzene ring substituents is 1. The summed E-state index contributed by atoms with van der Waals surface area (Å²) in [7, 11) is 0. The molecule has 0 aliphatic heterocycles. The van der Waals surface area contributed by atoms with Gasteiger partial charge < -0.3 is 0 Å². The van der Waals surface area contributed by atoms with E-state index < -0.39 is 10.8 Å². The van der Waals surface area contributed by atoms with Gasteiger partial charge in [-0.1, -0.05) is 6.07 Å². The average molecular weight is 178 g/mol. The van der Waals surface area contributed by atoms with E-state index in [-0.39, 0.29) is 11.3 Å². The predicted octanol–water partition coefficient (Wildman–Crippen LogP) is 1.44. The molecule has 1 aromatic rings. The molecule has 0 aliphatic rings. The van der Waals surface area contributed by atoms with E-state index in [1.807, 2.05) is 0 Å². The maximum atomic E-state index is 10.9. The molecule has 0 atom stereocenters. The lowest BCUT2D eigenvalue weighted by molar-refractivity contribution is -0.384. The lowest BCUT2D eigenvalue weighted by atomic mass is 10.2. The molecule has 5 heteroatoms. The third-order valence-corrected chi connectivity index (χ3v) is 1.45. The maximum Gasteiger partial charge on any atom is 0.276 e. The molecule has 13 heavy (non-hydrogen) atoms. The molecule has 0 saturated heterocycles. The fourth-order valence-corrected chi connectivity index (χ4v) is 0.844. The van der Waals surface area contributed by atoms with Crippen LogP contribution in [-0.2, 0) is 0 Å². The number of benzene rings is 1. The van der Waals surface area contributed by atoms with E-state index in [1.54, 1.807) is 0 Å². The number of nitrogens with zero attached hydrogens (tertiary/aromatic N) is 2. The van der Waals surface area contributed by atoms with Crippen molar-refractivity contribution in [2.75, 3.05) is 0 Å². The molecule has 0 spiro atoms. The van der Waals surface area contributed by atoms with Gasteiger partial charge in [-0.25, -0.2) is 4.99 Å². The van der Waals surface area contributed by atoms with Crippen LogP contribution < -0.4 is 0 Å². The molecule has 1 amide bonds. The Hall–Kier alpha value is -2.04. The van der Waals surface area contributed by atoms with Crippen molar-refractivity contribution in [1.29, 1.82) is 0 Å². The molecule has 66 valence electrons. The molecule has 0 unspecified atom stereocenters. The second-order valence-electron chi connectivity index (χ2n) is 2.27. The van der Waals surface area contributed by atoms with E-state index in [0.29, 0.717) is 0 Å². The number of amides is 1. The predicted molar refractivity (Wildman–Crippen MR) is 47.0 cm³/mol. The molecule has 0 fully saturated rings. The van der Waals surface area contributed by atoms with Gasteiger partial charge in [0.05, 0.1) is 4.92 Å². The van der Waals surface area contributed by atoms with Crippen LogP contribution in [0.2, 0.25) is 0 Å². The van der Waals surface area contributed by atoms with Gasteiger partial charge in [0.15, 0.2) is 0 Å². The third kappa shape index (κ3) is 1.96. The highest BCUT2D eigenvalue weighted by Crippen LogP contribution is 2.13. The molecule has 0 heterocycles. The van der Waals surface area contributed by atoms with Crippen LogP contribution in [-0.4, -0.2) is 17.5 Å². The fourth-order valence-electron chi connectivity index (χ4n) is 0.844. The summed E-state index contributed by atoms with van der Waals surface area (Å²) in [6.45, 7) is 3.04. The Bertz CT molecular complexity index is 373. The number of hydrogen-bond acceptors (Lipinski definition) is 3. The van der Waals surface area contributed by atoms with Gasteiger partial charge in [0, 0.05) is 17.7 Å². The normalized spacial score (nSPS) is 9.23. The summed E-state index contributed by atoms with van der Waals surface area (Å²) < 4.78 is 0. The smallest absolute Gasteiger partial charge is 0.267 e. The van der Waals surface area contributed by atoms with Gasteiger partial charge in [0.25, 0.3) is 11.6 Å². The van der Waals surface area contributed by atoms with Crippen LogP contribution >= 0.6 is 0 Å². The average Bonchev–Trinajstić information content (AvgIpc) is 2.17. The van der Waals surface area contributed by atoms with E-state index >= 15 is 0 Å². The zero-order chi connectivity index (χ0) is 9.84. The van der Waals surface area contributed by atoms with Crippen LogP contribution in [0.15, 0.2) is 29.3 Å². The highest BCUT2D eigenvalue weighted by molar-refractivity contribution is 5.97. The Kier molecular flexibility index (Phi) is 2.49. The molecule has 0 saturated carbocycles. The SMILES string of the molecule is C=NC(=O)c1cccc([N+](=O)[O-])c1. The summed E-state index contributed by atoms with van der Waals surface area (Å²) in [5.74, 6) is -0.566. The molecular weight excluding hydrogens is 172 g/mol. The Balaban J connectivity index is 3.12. The minimum Gasteiger partial charge on any atom is -0.267 e. The Morgan fingerprint density at radius 1 is 1.54 bits per heavy atom. The van der Waals surface area contributed by atoms with E-state index in [0.717, 1.165) is 6.07 Å². The number of hydrogen-bond donors (Lipinski definition) is 0. The van der Waals surface area contributed by atoms with Crippen molar-refractivity contribution < 1.29 is 9.72 Å². The van der Waals surface area contributed by atoms with Gasteiger partial charge in [0.1, 0.15) is 0 Å². The summed E-state index contributed by atoms with van der Waals surface area (Å²) in [6.07, 6.45) is 0. The fraction of sp³-hybridized carbons (Fsp3) is 0. The monoisotopic (exact) mass is 178 g/mol. The molecule has 0 aromatic heterocycles. The Morgan fingerprint density at radius 2 is 2.23 bits per heavy atom. The molecule has 1 aromatic carbocycles. The van der Waals surface area contributed by atoms with E-state index in [2.05, 4.69) is 11.7 Å². The molecule has 0 aliphatic carbocycles. The first-order chi connectivity index (χ1) is 6.15. The topological polar surface area (TPSA) is 72.6 Å². The van der Waals surface area contributed by atoms with Crippen molar-refractivity contribution in [2.24, 2.45) is 4.99 Å². The Morgan fingerprint density at radius 3 is 2.77 bits per heavy atom. The number of rotatable bonds is 2. The zero-order valence-electron chi connectivity index (χ0n) is 6.64. The lowest BCUT2D eigenvalue weighted by Gasteiger charge is -1.94. The van der Waals surface area contributed by atoms with Crippen LogP contribution in [0.25, 0.3) is 0 Å². The first kappa shape index (κ1) is 9.05. The Labute approximate surface area is 73.9 Å². The number of nitro groups is 1. The van der Waals surface area contributed by atoms with Crippen LogP contribution in [0, 0.1) is 10.1 Å². The van der Waals surface area contributed by atoms with E-state index in [1.165, 1.54) is 18.2 Å². The number of carbonyl (C=O) groups is 1. The maximum absolute atomic E-state index is 10.9. The largest absolute Gasteiger partial charge is 0.276 e. The van der Waals surface area contributed by atoms with Gasteiger partial charge >= 0.3 is 0 Å². The molecule has 0 N–H and O–H groups in total. The number of aliphatic imine (C=N–C) groups is 1. The summed E-state index contributed by atoms with van der Waals surface area (Å²) in [5, 5.41) is 10.3. The summed E-state index contributed by atoms with van der Waals surface area (Å²) in [4.78, 5) is 23.8. The number of carbonyl (C=O) groups excluding carboxylic acids is 1. The second-order valence-corrected chi connectivity index (χ2v) is 2.27. The molecule has 5 nitrogen and oxygen atoms in total. The van der Waals surface area contributed by atoms with Crippen LogP contribution in [0.5, 0.6) is 0 Å². The van der Waals surface area contributed by atoms with Gasteiger partial charge in [-0.05, 0) is 12.8 Å². The van der Waals surface area contributed by atoms with Crippen molar-refractivity contribution in [3.8, 4) is 0 Å². The summed E-state index contributed by atoms with van der Waals surface area (Å²) in [6, 6.07) is 5.34. The van der Waals surface area contributed by atoms with Gasteiger partial charge in [-0.2, -0.15) is 0 Å². The van der Waals surface area contributed by atoms with Gasteiger partial charge in [-0.15, -0.1) is 0 Å². The molecular formula is C8H6N2O3. The van der Waals surface area contributed by atoms with Gasteiger partial charge in [0.2, 0.25) is 0 Å². The minimum absolute atomic E-state index is 0.130. The first-order valence-corrected chi connectivity index (χ1v) is 3.40. The quantitative estimate of drug-likeness (QED) is 0.390. The van der Waals surface area contributed by atoms with Crippen LogP contribution in [0.1, 0.15) is 10.4 Å². The van der Waals surface area contributed by atoms with Gasteiger partial charge in [-0.3, -0.25) is 14.9 Å². The van der Waals surface area contributed by atoms with Crippen molar-refractivity contribution in [1.82, 2.24) is 0 Å². The van der Waals surface area contributed by atoms with Crippen molar-refractivity contribution in [2.45, 2.75) is 0 Å². The van der Waals surface area contributed by atoms with Crippen LogP contribution in [0.4, 0.5) is 5.69 Å². The summed E-state index contributed by atoms with van der Waals surface area (Å²) >= 11 is 0. The van der Waals surface area contributed by atoms with E-state index in [4.69, 9.17) is 0 Å². The number of nitro benzene ring substituents is 1. The zero-order valence-corrected chi connectivity index (χ0v) is 6.64. The molecule has 0 radical (unpaired) electrons.